The quantitative estimate of drug-likeness (QED) is 0.755. The van der Waals surface area contributed by atoms with Crippen LogP contribution in [0.4, 0.5) is 5.69 Å². The molecular weight excluding hydrogens is 252 g/mol. The summed E-state index contributed by atoms with van der Waals surface area (Å²) in [6.45, 7) is 5.20. The first-order chi connectivity index (χ1) is 9.24. The normalized spacial score (nSPS) is 10.8. The van der Waals surface area contributed by atoms with Crippen molar-refractivity contribution >= 4 is 27.8 Å². The van der Waals surface area contributed by atoms with Gasteiger partial charge in [0.25, 0.3) is 0 Å². The van der Waals surface area contributed by atoms with Crippen LogP contribution in [0.25, 0.3) is 10.8 Å². The lowest BCUT2D eigenvalue weighted by Crippen LogP contribution is -2.00. The van der Waals surface area contributed by atoms with Crippen LogP contribution in [0.1, 0.15) is 15.3 Å². The van der Waals surface area contributed by atoms with E-state index >= 15 is 0 Å². The Morgan fingerprint density at radius 3 is 2.89 bits per heavy atom. The molecule has 0 amide bonds. The minimum Gasteiger partial charge on any atom is -0.380 e. The van der Waals surface area contributed by atoms with Gasteiger partial charge in [0.1, 0.15) is 0 Å². The zero-order valence-corrected chi connectivity index (χ0v) is 11.9. The Kier molecular flexibility index (Phi) is 3.22. The van der Waals surface area contributed by atoms with Crippen LogP contribution < -0.4 is 5.32 Å². The maximum atomic E-state index is 4.21. The first kappa shape index (κ1) is 12.2. The average Bonchev–Trinajstić information content (AvgIpc) is 2.74. The fraction of sp³-hybridized carbons (Fsp3) is 0.188. The monoisotopic (exact) mass is 268 g/mol. The van der Waals surface area contributed by atoms with E-state index in [0.29, 0.717) is 0 Å². The minimum atomic E-state index is 0.865. The minimum absolute atomic E-state index is 0.865. The third-order valence-electron chi connectivity index (χ3n) is 3.30. The highest BCUT2D eigenvalue weighted by Crippen LogP contribution is 2.25. The van der Waals surface area contributed by atoms with Gasteiger partial charge in [0, 0.05) is 39.8 Å². The van der Waals surface area contributed by atoms with Gasteiger partial charge in [-0.25, -0.2) is 0 Å². The van der Waals surface area contributed by atoms with Crippen molar-refractivity contribution in [2.24, 2.45) is 0 Å². The fourth-order valence-electron chi connectivity index (χ4n) is 2.32. The molecule has 2 nitrogen and oxygen atoms in total. The van der Waals surface area contributed by atoms with E-state index in [1.54, 1.807) is 0 Å². The highest BCUT2D eigenvalue weighted by Gasteiger charge is 2.04. The van der Waals surface area contributed by atoms with Crippen LogP contribution in [0.15, 0.2) is 42.7 Å². The van der Waals surface area contributed by atoms with Gasteiger partial charge in [0.05, 0.1) is 0 Å². The van der Waals surface area contributed by atoms with Gasteiger partial charge >= 0.3 is 0 Å². The summed E-state index contributed by atoms with van der Waals surface area (Å²) in [6, 6.07) is 10.6. The summed E-state index contributed by atoms with van der Waals surface area (Å²) in [4.78, 5) is 6.97. The Hall–Kier alpha value is -1.87. The number of nitrogens with one attached hydrogen (secondary N) is 1. The van der Waals surface area contributed by atoms with Gasteiger partial charge in [-0.2, -0.15) is 0 Å². The molecule has 96 valence electrons. The summed E-state index contributed by atoms with van der Waals surface area (Å²) in [5.74, 6) is 0. The standard InChI is InChI=1S/C16H16N2S/c1-11-8-14(12(2)19-11)9-18-16-5-3-4-13-6-7-17-10-15(13)16/h3-8,10,18H,9H2,1-2H3. The zero-order valence-electron chi connectivity index (χ0n) is 11.1. The van der Waals surface area contributed by atoms with Crippen LogP contribution >= 0.6 is 11.3 Å². The van der Waals surface area contributed by atoms with Gasteiger partial charge in [-0.05, 0) is 43.0 Å². The summed E-state index contributed by atoms with van der Waals surface area (Å²) in [7, 11) is 0. The maximum absolute atomic E-state index is 4.21. The SMILES string of the molecule is Cc1cc(CNc2cccc3ccncc23)c(C)s1. The fourth-order valence-corrected chi connectivity index (χ4v) is 3.26. The second-order valence-corrected chi connectivity index (χ2v) is 6.15. The van der Waals surface area contributed by atoms with Crippen LogP contribution in [0.2, 0.25) is 0 Å². The lowest BCUT2D eigenvalue weighted by atomic mass is 10.1. The van der Waals surface area contributed by atoms with E-state index in [1.807, 2.05) is 29.8 Å². The molecular formula is C16H16N2S. The van der Waals surface area contributed by atoms with Crippen LogP contribution in [0, 0.1) is 13.8 Å². The van der Waals surface area contributed by atoms with E-state index in [1.165, 1.54) is 26.1 Å². The second-order valence-electron chi connectivity index (χ2n) is 4.69. The summed E-state index contributed by atoms with van der Waals surface area (Å²) in [6.07, 6.45) is 3.75. The van der Waals surface area contributed by atoms with Crippen molar-refractivity contribution < 1.29 is 0 Å². The molecule has 19 heavy (non-hydrogen) atoms. The number of thiophene rings is 1. The molecule has 0 unspecified atom stereocenters. The van der Waals surface area contributed by atoms with Crippen molar-refractivity contribution in [1.29, 1.82) is 0 Å². The Morgan fingerprint density at radius 2 is 2.11 bits per heavy atom. The smallest absolute Gasteiger partial charge is 0.0438 e. The van der Waals surface area contributed by atoms with Crippen LogP contribution in [-0.4, -0.2) is 4.98 Å². The summed E-state index contributed by atoms with van der Waals surface area (Å²) >= 11 is 1.86. The molecule has 3 rings (SSSR count). The van der Waals surface area contributed by atoms with E-state index in [0.717, 1.165) is 12.2 Å². The van der Waals surface area contributed by atoms with E-state index in [-0.39, 0.29) is 0 Å². The van der Waals surface area contributed by atoms with Crippen molar-refractivity contribution in [2.45, 2.75) is 20.4 Å². The molecule has 3 aromatic rings. The third kappa shape index (κ3) is 2.47. The third-order valence-corrected chi connectivity index (χ3v) is 4.30. The molecule has 0 aliphatic rings. The molecule has 2 aromatic heterocycles. The molecule has 1 N–H and O–H groups in total. The van der Waals surface area contributed by atoms with Crippen molar-refractivity contribution in [3.05, 3.63) is 58.0 Å². The van der Waals surface area contributed by atoms with Crippen molar-refractivity contribution in [1.82, 2.24) is 4.98 Å². The highest BCUT2D eigenvalue weighted by atomic mass is 32.1. The molecule has 0 spiro atoms. The summed E-state index contributed by atoms with van der Waals surface area (Å²) < 4.78 is 0. The van der Waals surface area contributed by atoms with Crippen molar-refractivity contribution in [3.8, 4) is 0 Å². The second kappa shape index (κ2) is 5.02. The number of benzene rings is 1. The number of hydrogen-bond acceptors (Lipinski definition) is 3. The molecule has 0 radical (unpaired) electrons. The summed E-state index contributed by atoms with van der Waals surface area (Å²) in [5, 5.41) is 5.92. The maximum Gasteiger partial charge on any atom is 0.0438 e. The number of fused-ring (bicyclic) bond motifs is 1. The van der Waals surface area contributed by atoms with E-state index in [4.69, 9.17) is 0 Å². The molecule has 0 bridgehead atoms. The molecule has 0 saturated heterocycles. The van der Waals surface area contributed by atoms with Gasteiger partial charge in [0.2, 0.25) is 0 Å². The number of aryl methyl sites for hydroxylation is 2. The Labute approximate surface area is 117 Å². The van der Waals surface area contributed by atoms with Crippen molar-refractivity contribution in [3.63, 3.8) is 0 Å². The number of aromatic nitrogens is 1. The number of anilines is 1. The molecule has 0 saturated carbocycles. The van der Waals surface area contributed by atoms with E-state index in [2.05, 4.69) is 48.4 Å². The number of nitrogens with zero attached hydrogens (tertiary/aromatic N) is 1. The van der Waals surface area contributed by atoms with E-state index in [9.17, 15) is 0 Å². The van der Waals surface area contributed by atoms with Gasteiger partial charge < -0.3 is 5.32 Å². The van der Waals surface area contributed by atoms with Crippen LogP contribution in [0.3, 0.4) is 0 Å². The zero-order chi connectivity index (χ0) is 13.2. The Bertz CT molecular complexity index is 710. The van der Waals surface area contributed by atoms with Gasteiger partial charge in [-0.15, -0.1) is 11.3 Å². The lowest BCUT2D eigenvalue weighted by molar-refractivity contribution is 1.14. The Morgan fingerprint density at radius 1 is 1.21 bits per heavy atom. The molecule has 3 heteroatoms. The Balaban J connectivity index is 1.88. The predicted molar refractivity (Wildman–Crippen MR) is 82.9 cm³/mol. The predicted octanol–water partition coefficient (Wildman–Crippen LogP) is 4.53. The molecule has 0 atom stereocenters. The van der Waals surface area contributed by atoms with E-state index < -0.39 is 0 Å². The highest BCUT2D eigenvalue weighted by molar-refractivity contribution is 7.12. The van der Waals surface area contributed by atoms with Gasteiger partial charge in [0.15, 0.2) is 0 Å². The van der Waals surface area contributed by atoms with Gasteiger partial charge in [-0.3, -0.25) is 4.98 Å². The van der Waals surface area contributed by atoms with Crippen LogP contribution in [0.5, 0.6) is 0 Å². The topological polar surface area (TPSA) is 24.9 Å². The molecule has 0 fully saturated rings. The molecule has 0 aliphatic heterocycles. The molecule has 0 aliphatic carbocycles. The number of hydrogen-bond donors (Lipinski definition) is 1. The largest absolute Gasteiger partial charge is 0.380 e. The lowest BCUT2D eigenvalue weighted by Gasteiger charge is -2.09. The first-order valence-electron chi connectivity index (χ1n) is 6.36. The molecule has 2 heterocycles. The molecule has 1 aromatic carbocycles. The van der Waals surface area contributed by atoms with Gasteiger partial charge in [-0.1, -0.05) is 12.1 Å². The average molecular weight is 268 g/mol. The number of rotatable bonds is 3. The van der Waals surface area contributed by atoms with Crippen LogP contribution in [-0.2, 0) is 6.54 Å². The van der Waals surface area contributed by atoms with Crippen molar-refractivity contribution in [2.75, 3.05) is 5.32 Å². The number of pyridine rings is 1. The summed E-state index contributed by atoms with van der Waals surface area (Å²) in [5.41, 5.74) is 2.53. The first-order valence-corrected chi connectivity index (χ1v) is 7.18.